The van der Waals surface area contributed by atoms with Crippen LogP contribution in [0.25, 0.3) is 5.57 Å². The molecule has 1 unspecified atom stereocenters. The molecule has 1 aliphatic heterocycles. The van der Waals surface area contributed by atoms with Crippen LogP contribution in [-0.2, 0) is 4.74 Å². The number of nitrogens with zero attached hydrogens (tertiary/aromatic N) is 2. The second-order valence-corrected chi connectivity index (χ2v) is 7.54. The number of rotatable bonds is 5. The van der Waals surface area contributed by atoms with E-state index in [0.29, 0.717) is 12.1 Å². The number of alkyl carbamates (subject to hydrolysis) is 1. The predicted octanol–water partition coefficient (Wildman–Crippen LogP) is 4.42. The molecule has 1 aromatic carbocycles. The number of anilines is 1. The normalized spacial score (nSPS) is 16.8. The first-order valence-electron chi connectivity index (χ1n) is 9.00. The van der Waals surface area contributed by atoms with Gasteiger partial charge in [0, 0.05) is 13.1 Å². The number of carbonyl (C=O) groups is 1. The van der Waals surface area contributed by atoms with Crippen LogP contribution >= 0.6 is 0 Å². The molecule has 1 N–H and O–H groups in total. The molecular formula is C22H27N3O2. The minimum atomic E-state index is -0.519. The van der Waals surface area contributed by atoms with Crippen LogP contribution in [0.15, 0.2) is 49.6 Å². The lowest BCUT2D eigenvalue weighted by Gasteiger charge is -2.23. The Bertz CT molecular complexity index is 797. The van der Waals surface area contributed by atoms with E-state index in [9.17, 15) is 10.1 Å². The third-order valence-corrected chi connectivity index (χ3v) is 4.17. The van der Waals surface area contributed by atoms with Gasteiger partial charge < -0.3 is 15.0 Å². The predicted molar refractivity (Wildman–Crippen MR) is 110 cm³/mol. The molecule has 1 saturated heterocycles. The molecule has 0 bridgehead atoms. The van der Waals surface area contributed by atoms with Gasteiger partial charge in [-0.25, -0.2) is 4.79 Å². The van der Waals surface area contributed by atoms with Crippen LogP contribution in [0, 0.1) is 11.3 Å². The number of allylic oxidation sites excluding steroid dienone is 4. The topological polar surface area (TPSA) is 65.4 Å². The molecule has 0 aromatic heterocycles. The van der Waals surface area contributed by atoms with E-state index in [0.717, 1.165) is 29.8 Å². The maximum Gasteiger partial charge on any atom is 0.407 e. The fourth-order valence-corrected chi connectivity index (χ4v) is 2.95. The standard InChI is InChI=1S/C22H27N3O2/c1-6-7-8-16(2)17-9-10-20(18(13-17)14-23)25-12-11-19(15-25)24-21(26)27-22(3,4)5/h6-10,13,19H,1-2,11-12,15H2,3-5H3,(H,24,26). The minimum absolute atomic E-state index is 0.00319. The number of ether oxygens (including phenoxy) is 1. The van der Waals surface area contributed by atoms with E-state index >= 15 is 0 Å². The molecule has 1 atom stereocenters. The molecule has 2 rings (SSSR count). The van der Waals surface area contributed by atoms with Crippen LogP contribution in [0.5, 0.6) is 0 Å². The quantitative estimate of drug-likeness (QED) is 0.785. The summed E-state index contributed by atoms with van der Waals surface area (Å²) in [5.41, 5.74) is 2.67. The zero-order chi connectivity index (χ0) is 20.0. The van der Waals surface area contributed by atoms with Gasteiger partial charge in [-0.05, 0) is 50.5 Å². The number of amides is 1. The molecule has 1 amide bonds. The second kappa shape index (κ2) is 8.59. The number of hydrogen-bond donors (Lipinski definition) is 1. The van der Waals surface area contributed by atoms with Gasteiger partial charge in [0.1, 0.15) is 11.7 Å². The zero-order valence-corrected chi connectivity index (χ0v) is 16.3. The summed E-state index contributed by atoms with van der Waals surface area (Å²) in [4.78, 5) is 14.1. The Kier molecular flexibility index (Phi) is 6.46. The Hall–Kier alpha value is -3.00. The molecule has 0 spiro atoms. The second-order valence-electron chi connectivity index (χ2n) is 7.54. The van der Waals surface area contributed by atoms with Gasteiger partial charge in [0.2, 0.25) is 0 Å². The van der Waals surface area contributed by atoms with Crippen LogP contribution < -0.4 is 10.2 Å². The third-order valence-electron chi connectivity index (χ3n) is 4.17. The number of nitrogens with one attached hydrogen (secondary N) is 1. The number of nitriles is 1. The Balaban J connectivity index is 2.07. The minimum Gasteiger partial charge on any atom is -0.444 e. The van der Waals surface area contributed by atoms with Crippen molar-refractivity contribution >= 4 is 17.4 Å². The average molecular weight is 365 g/mol. The van der Waals surface area contributed by atoms with Gasteiger partial charge in [0.05, 0.1) is 17.3 Å². The van der Waals surface area contributed by atoms with E-state index in [1.54, 1.807) is 6.08 Å². The lowest BCUT2D eigenvalue weighted by atomic mass is 10.0. The van der Waals surface area contributed by atoms with Crippen molar-refractivity contribution < 1.29 is 9.53 Å². The smallest absolute Gasteiger partial charge is 0.407 e. The van der Waals surface area contributed by atoms with E-state index in [1.165, 1.54) is 0 Å². The number of carbonyl (C=O) groups excluding carboxylic acids is 1. The van der Waals surface area contributed by atoms with Gasteiger partial charge in [0.15, 0.2) is 0 Å². The Morgan fingerprint density at radius 2 is 2.19 bits per heavy atom. The maximum atomic E-state index is 12.0. The molecule has 142 valence electrons. The van der Waals surface area contributed by atoms with Gasteiger partial charge in [-0.1, -0.05) is 37.5 Å². The van der Waals surface area contributed by atoms with Gasteiger partial charge in [-0.15, -0.1) is 0 Å². The van der Waals surface area contributed by atoms with Crippen LogP contribution in [0.2, 0.25) is 0 Å². The molecule has 1 aromatic rings. The van der Waals surface area contributed by atoms with Crippen molar-refractivity contribution in [1.82, 2.24) is 5.32 Å². The van der Waals surface area contributed by atoms with Crippen LogP contribution in [0.4, 0.5) is 10.5 Å². The molecule has 1 fully saturated rings. The zero-order valence-electron chi connectivity index (χ0n) is 16.3. The largest absolute Gasteiger partial charge is 0.444 e. The van der Waals surface area contributed by atoms with E-state index in [4.69, 9.17) is 4.74 Å². The van der Waals surface area contributed by atoms with Crippen molar-refractivity contribution in [2.75, 3.05) is 18.0 Å². The van der Waals surface area contributed by atoms with Crippen LogP contribution in [-0.4, -0.2) is 30.8 Å². The Morgan fingerprint density at radius 3 is 2.81 bits per heavy atom. The van der Waals surface area contributed by atoms with Crippen molar-refractivity contribution in [2.24, 2.45) is 0 Å². The van der Waals surface area contributed by atoms with Crippen LogP contribution in [0.3, 0.4) is 0 Å². The summed E-state index contributed by atoms with van der Waals surface area (Å²) < 4.78 is 5.32. The molecule has 1 heterocycles. The Morgan fingerprint density at radius 1 is 1.44 bits per heavy atom. The van der Waals surface area contributed by atoms with Crippen molar-refractivity contribution in [3.8, 4) is 6.07 Å². The van der Waals surface area contributed by atoms with Crippen molar-refractivity contribution in [2.45, 2.75) is 38.8 Å². The highest BCUT2D eigenvalue weighted by Gasteiger charge is 2.27. The lowest BCUT2D eigenvalue weighted by Crippen LogP contribution is -2.40. The molecule has 5 nitrogen and oxygen atoms in total. The fraction of sp³-hybridized carbons (Fsp3) is 0.364. The molecule has 5 heteroatoms. The average Bonchev–Trinajstić information content (AvgIpc) is 3.05. The van der Waals surface area contributed by atoms with Crippen molar-refractivity contribution in [1.29, 1.82) is 5.26 Å². The van der Waals surface area contributed by atoms with Gasteiger partial charge >= 0.3 is 6.09 Å². The summed E-state index contributed by atoms with van der Waals surface area (Å²) in [5.74, 6) is 0. The summed E-state index contributed by atoms with van der Waals surface area (Å²) in [6.07, 6.45) is 5.76. The Labute approximate surface area is 161 Å². The maximum absolute atomic E-state index is 12.0. The molecule has 0 radical (unpaired) electrons. The SMILES string of the molecule is C=CC=CC(=C)c1ccc(N2CCC(NC(=O)OC(C)(C)C)C2)c(C#N)c1. The fourth-order valence-electron chi connectivity index (χ4n) is 2.95. The first-order chi connectivity index (χ1) is 12.7. The van der Waals surface area contributed by atoms with Crippen molar-refractivity contribution in [3.63, 3.8) is 0 Å². The van der Waals surface area contributed by atoms with E-state index in [-0.39, 0.29) is 6.04 Å². The van der Waals surface area contributed by atoms with Crippen LogP contribution in [0.1, 0.15) is 38.3 Å². The first-order valence-corrected chi connectivity index (χ1v) is 9.00. The van der Waals surface area contributed by atoms with Gasteiger partial charge in [0.25, 0.3) is 0 Å². The van der Waals surface area contributed by atoms with Gasteiger partial charge in [-0.3, -0.25) is 0 Å². The summed E-state index contributed by atoms with van der Waals surface area (Å²) >= 11 is 0. The monoisotopic (exact) mass is 365 g/mol. The molecule has 0 aliphatic carbocycles. The van der Waals surface area contributed by atoms with Crippen molar-refractivity contribution in [3.05, 3.63) is 60.7 Å². The molecular weight excluding hydrogens is 338 g/mol. The molecule has 0 saturated carbocycles. The third kappa shape index (κ3) is 5.75. The first kappa shape index (κ1) is 20.3. The number of hydrogen-bond acceptors (Lipinski definition) is 4. The van der Waals surface area contributed by atoms with Gasteiger partial charge in [-0.2, -0.15) is 5.26 Å². The molecule has 1 aliphatic rings. The summed E-state index contributed by atoms with van der Waals surface area (Å²) in [6, 6.07) is 8.02. The van der Waals surface area contributed by atoms with E-state index in [1.807, 2.05) is 51.1 Å². The highest BCUT2D eigenvalue weighted by molar-refractivity contribution is 5.76. The van der Waals surface area contributed by atoms with E-state index in [2.05, 4.69) is 29.4 Å². The number of benzene rings is 1. The summed E-state index contributed by atoms with van der Waals surface area (Å²) in [7, 11) is 0. The molecule has 27 heavy (non-hydrogen) atoms. The highest BCUT2D eigenvalue weighted by atomic mass is 16.6. The lowest BCUT2D eigenvalue weighted by molar-refractivity contribution is 0.0509. The summed E-state index contributed by atoms with van der Waals surface area (Å²) in [5, 5.41) is 12.5. The van der Waals surface area contributed by atoms with E-state index < -0.39 is 11.7 Å². The summed E-state index contributed by atoms with van der Waals surface area (Å²) in [6.45, 7) is 14.6. The highest BCUT2D eigenvalue weighted by Crippen LogP contribution is 2.28.